The molecule has 0 amide bonds. The van der Waals surface area contributed by atoms with Crippen LogP contribution in [0, 0.1) is 0 Å². The third-order valence-corrected chi connectivity index (χ3v) is 7.82. The number of allylic oxidation sites excluding steroid dienone is 2. The maximum atomic E-state index is 12.1. The zero-order valence-corrected chi connectivity index (χ0v) is 24.5. The average molecular weight is 599 g/mol. The molecule has 0 spiro atoms. The molecule has 0 aromatic heterocycles. The van der Waals surface area contributed by atoms with Crippen molar-refractivity contribution < 1.29 is 58.7 Å². The third-order valence-electron chi connectivity index (χ3n) is 6.84. The van der Waals surface area contributed by atoms with E-state index in [9.17, 15) is 44.9 Å². The SMILES string of the molecule is CCCCCCCCC=CCCCCCCCC(=O)OCC(O)COP(=O)(O)OC1C(O)C(O)C(O)C(O)C1O. The van der Waals surface area contributed by atoms with Crippen molar-refractivity contribution in [3.05, 3.63) is 12.2 Å². The molecule has 13 heteroatoms. The molecule has 1 aliphatic carbocycles. The highest BCUT2D eigenvalue weighted by atomic mass is 31.2. The van der Waals surface area contributed by atoms with Crippen LogP contribution in [0.3, 0.4) is 0 Å². The molecule has 6 unspecified atom stereocenters. The summed E-state index contributed by atoms with van der Waals surface area (Å²) in [5.41, 5.74) is 0. The largest absolute Gasteiger partial charge is 0.472 e. The maximum absolute atomic E-state index is 12.1. The quantitative estimate of drug-likeness (QED) is 0.0415. The highest BCUT2D eigenvalue weighted by Crippen LogP contribution is 2.47. The first-order valence-electron chi connectivity index (χ1n) is 14.5. The van der Waals surface area contributed by atoms with E-state index in [1.54, 1.807) is 0 Å². The molecule has 0 aromatic carbocycles. The van der Waals surface area contributed by atoms with Crippen molar-refractivity contribution in [2.75, 3.05) is 13.2 Å². The number of aliphatic hydroxyl groups excluding tert-OH is 6. The summed E-state index contributed by atoms with van der Waals surface area (Å²) in [5.74, 6) is -0.518. The standard InChI is InChI=1S/C27H51O12P/c1-2-3-4-5-6-7-8-9-10-11-12-13-14-15-16-17-21(29)37-18-20(28)19-38-40(35,36)39-27-25(33)23(31)22(30)24(32)26(27)34/h9-10,20,22-28,30-34H,2-8,11-19H2,1H3,(H,35,36). The second kappa shape index (κ2) is 20.9. The summed E-state index contributed by atoms with van der Waals surface area (Å²) in [7, 11) is -4.98. The van der Waals surface area contributed by atoms with E-state index in [1.807, 2.05) is 0 Å². The molecule has 1 saturated carbocycles. The molecule has 0 radical (unpaired) electrons. The van der Waals surface area contributed by atoms with Gasteiger partial charge in [0.15, 0.2) is 0 Å². The van der Waals surface area contributed by atoms with Crippen LogP contribution in [0.5, 0.6) is 0 Å². The second-order valence-electron chi connectivity index (χ2n) is 10.5. The number of rotatable bonds is 22. The van der Waals surface area contributed by atoms with Gasteiger partial charge >= 0.3 is 13.8 Å². The zero-order chi connectivity index (χ0) is 30.0. The number of aliphatic hydroxyl groups is 6. The number of esters is 1. The normalized spacial score (nSPS) is 27.5. The van der Waals surface area contributed by atoms with Crippen molar-refractivity contribution in [3.8, 4) is 0 Å². The Morgan fingerprint density at radius 2 is 1.23 bits per heavy atom. The lowest BCUT2D eigenvalue weighted by Gasteiger charge is -2.41. The molecule has 40 heavy (non-hydrogen) atoms. The van der Waals surface area contributed by atoms with Crippen molar-refractivity contribution in [2.45, 2.75) is 140 Å². The van der Waals surface area contributed by atoms with Crippen LogP contribution >= 0.6 is 7.82 Å². The van der Waals surface area contributed by atoms with Crippen LogP contribution in [-0.2, 0) is 23.1 Å². The Kier molecular flexibility index (Phi) is 19.4. The Labute approximate surface area is 237 Å². The van der Waals surface area contributed by atoms with Crippen molar-refractivity contribution in [3.63, 3.8) is 0 Å². The minimum atomic E-state index is -4.98. The third kappa shape index (κ3) is 15.3. The van der Waals surface area contributed by atoms with E-state index in [2.05, 4.69) is 28.1 Å². The minimum Gasteiger partial charge on any atom is -0.463 e. The fourth-order valence-electron chi connectivity index (χ4n) is 4.34. The summed E-state index contributed by atoms with van der Waals surface area (Å²) < 4.78 is 26.3. The molecular weight excluding hydrogens is 547 g/mol. The number of unbranched alkanes of at least 4 members (excludes halogenated alkanes) is 11. The fourth-order valence-corrected chi connectivity index (χ4v) is 5.31. The Balaban J connectivity index is 2.09. The van der Waals surface area contributed by atoms with Gasteiger partial charge in [-0.2, -0.15) is 0 Å². The molecule has 0 saturated heterocycles. The van der Waals surface area contributed by atoms with Gasteiger partial charge in [-0.1, -0.05) is 70.4 Å². The van der Waals surface area contributed by atoms with E-state index >= 15 is 0 Å². The lowest BCUT2D eigenvalue weighted by Crippen LogP contribution is -2.64. The van der Waals surface area contributed by atoms with E-state index in [-0.39, 0.29) is 6.42 Å². The summed E-state index contributed by atoms with van der Waals surface area (Å²) in [4.78, 5) is 21.7. The predicted molar refractivity (Wildman–Crippen MR) is 147 cm³/mol. The van der Waals surface area contributed by atoms with Gasteiger partial charge in [-0.15, -0.1) is 0 Å². The van der Waals surface area contributed by atoms with Gasteiger partial charge in [0.2, 0.25) is 0 Å². The number of carbonyl (C=O) groups is 1. The van der Waals surface area contributed by atoms with Crippen LogP contribution in [0.2, 0.25) is 0 Å². The Morgan fingerprint density at radius 1 is 0.750 bits per heavy atom. The molecule has 0 heterocycles. The number of phosphoric ester groups is 1. The number of hydrogen-bond donors (Lipinski definition) is 7. The molecule has 7 N–H and O–H groups in total. The number of phosphoric acid groups is 1. The lowest BCUT2D eigenvalue weighted by molar-refractivity contribution is -0.220. The summed E-state index contributed by atoms with van der Waals surface area (Å²) >= 11 is 0. The fraction of sp³-hybridized carbons (Fsp3) is 0.889. The number of hydrogen-bond acceptors (Lipinski definition) is 11. The van der Waals surface area contributed by atoms with Crippen LogP contribution in [0.15, 0.2) is 12.2 Å². The Morgan fingerprint density at radius 3 is 1.77 bits per heavy atom. The summed E-state index contributed by atoms with van der Waals surface area (Å²) in [6.07, 6.45) is 6.32. The van der Waals surface area contributed by atoms with Crippen LogP contribution in [-0.4, -0.2) is 97.4 Å². The second-order valence-corrected chi connectivity index (χ2v) is 11.9. The molecule has 0 aliphatic heterocycles. The molecule has 236 valence electrons. The van der Waals surface area contributed by atoms with E-state index < -0.39 is 69.7 Å². The highest BCUT2D eigenvalue weighted by molar-refractivity contribution is 7.47. The van der Waals surface area contributed by atoms with Gasteiger partial charge in [0.05, 0.1) is 6.61 Å². The monoisotopic (exact) mass is 598 g/mol. The highest BCUT2D eigenvalue weighted by Gasteiger charge is 2.51. The Hall–Kier alpha value is -0.920. The van der Waals surface area contributed by atoms with E-state index in [0.29, 0.717) is 6.42 Å². The van der Waals surface area contributed by atoms with Crippen molar-refractivity contribution in [2.24, 2.45) is 0 Å². The number of carbonyl (C=O) groups excluding carboxylic acids is 1. The van der Waals surface area contributed by atoms with Crippen LogP contribution in [0.4, 0.5) is 0 Å². The van der Waals surface area contributed by atoms with Gasteiger partial charge in [0, 0.05) is 6.42 Å². The first kappa shape index (κ1) is 37.1. The van der Waals surface area contributed by atoms with Crippen molar-refractivity contribution in [1.82, 2.24) is 0 Å². The molecule has 0 aromatic rings. The zero-order valence-electron chi connectivity index (χ0n) is 23.6. The molecule has 12 nitrogen and oxygen atoms in total. The van der Waals surface area contributed by atoms with Crippen LogP contribution in [0.1, 0.15) is 96.8 Å². The predicted octanol–water partition coefficient (Wildman–Crippen LogP) is 2.25. The topological polar surface area (TPSA) is 203 Å². The van der Waals surface area contributed by atoms with Gasteiger partial charge in [0.25, 0.3) is 0 Å². The van der Waals surface area contributed by atoms with Crippen molar-refractivity contribution >= 4 is 13.8 Å². The minimum absolute atomic E-state index is 0.182. The van der Waals surface area contributed by atoms with E-state index in [0.717, 1.165) is 38.5 Å². The summed E-state index contributed by atoms with van der Waals surface area (Å²) in [6.45, 7) is 0.964. The molecular formula is C27H51O12P. The van der Waals surface area contributed by atoms with Gasteiger partial charge in [0.1, 0.15) is 49.3 Å². The molecule has 1 fully saturated rings. The lowest BCUT2D eigenvalue weighted by atomic mass is 9.85. The van der Waals surface area contributed by atoms with Gasteiger partial charge in [-0.3, -0.25) is 13.8 Å². The van der Waals surface area contributed by atoms with Gasteiger partial charge in [-0.25, -0.2) is 4.57 Å². The molecule has 1 rings (SSSR count). The number of ether oxygens (including phenoxy) is 1. The summed E-state index contributed by atoms with van der Waals surface area (Å²) in [6, 6.07) is 0. The first-order valence-corrected chi connectivity index (χ1v) is 16.0. The van der Waals surface area contributed by atoms with Crippen LogP contribution < -0.4 is 0 Å². The maximum Gasteiger partial charge on any atom is 0.472 e. The smallest absolute Gasteiger partial charge is 0.463 e. The first-order chi connectivity index (χ1) is 19.0. The molecule has 6 atom stereocenters. The van der Waals surface area contributed by atoms with Crippen LogP contribution in [0.25, 0.3) is 0 Å². The van der Waals surface area contributed by atoms with E-state index in [4.69, 9.17) is 4.74 Å². The summed E-state index contributed by atoms with van der Waals surface area (Å²) in [5, 5.41) is 58.5. The van der Waals surface area contributed by atoms with E-state index in [1.165, 1.54) is 38.5 Å². The van der Waals surface area contributed by atoms with Gasteiger partial charge in [-0.05, 0) is 32.1 Å². The van der Waals surface area contributed by atoms with Crippen molar-refractivity contribution in [1.29, 1.82) is 0 Å². The average Bonchev–Trinajstić information content (AvgIpc) is 2.93. The molecule has 1 aliphatic rings. The Bertz CT molecular complexity index is 735. The molecule has 0 bridgehead atoms. The van der Waals surface area contributed by atoms with Gasteiger partial charge < -0.3 is 40.3 Å².